The molecule has 0 saturated heterocycles. The van der Waals surface area contributed by atoms with Crippen molar-refractivity contribution in [3.05, 3.63) is 76.3 Å². The maximum atomic E-state index is 12.3. The van der Waals surface area contributed by atoms with Crippen LogP contribution in [0.15, 0.2) is 60.7 Å². The molecule has 0 radical (unpaired) electrons. The van der Waals surface area contributed by atoms with Crippen LogP contribution in [0.1, 0.15) is 5.56 Å². The SMILES string of the molecule is COc1ccc([N+](=O)[O-])cc1OC(=O)Cc1cccc2ccccc12. The third kappa shape index (κ3) is 3.58. The van der Waals surface area contributed by atoms with Gasteiger partial charge in [-0.15, -0.1) is 0 Å². The second-order valence-electron chi connectivity index (χ2n) is 5.38. The van der Waals surface area contributed by atoms with Crippen molar-refractivity contribution in [1.29, 1.82) is 0 Å². The number of nitrogens with zero attached hydrogens (tertiary/aromatic N) is 1. The average Bonchev–Trinajstić information content (AvgIpc) is 2.62. The van der Waals surface area contributed by atoms with Gasteiger partial charge < -0.3 is 9.47 Å². The molecule has 0 saturated carbocycles. The molecule has 0 atom stereocenters. The first-order valence-electron chi connectivity index (χ1n) is 7.58. The maximum Gasteiger partial charge on any atom is 0.315 e. The Bertz CT molecular complexity index is 946. The van der Waals surface area contributed by atoms with Gasteiger partial charge in [0.15, 0.2) is 11.5 Å². The quantitative estimate of drug-likeness (QED) is 0.305. The molecule has 0 aliphatic rings. The number of esters is 1. The van der Waals surface area contributed by atoms with Crippen LogP contribution in [-0.2, 0) is 11.2 Å². The van der Waals surface area contributed by atoms with Crippen LogP contribution in [0.25, 0.3) is 10.8 Å². The van der Waals surface area contributed by atoms with Gasteiger partial charge in [0.25, 0.3) is 5.69 Å². The molecular weight excluding hydrogens is 322 g/mol. The van der Waals surface area contributed by atoms with E-state index in [0.29, 0.717) is 0 Å². The minimum atomic E-state index is -0.554. The van der Waals surface area contributed by atoms with Gasteiger partial charge in [-0.2, -0.15) is 0 Å². The number of hydrogen-bond donors (Lipinski definition) is 0. The molecule has 0 bridgehead atoms. The van der Waals surface area contributed by atoms with Gasteiger partial charge in [-0.05, 0) is 22.4 Å². The largest absolute Gasteiger partial charge is 0.493 e. The molecule has 6 nitrogen and oxygen atoms in total. The van der Waals surface area contributed by atoms with Crippen LogP contribution in [0.3, 0.4) is 0 Å². The maximum absolute atomic E-state index is 12.3. The van der Waals surface area contributed by atoms with Crippen LogP contribution in [0.5, 0.6) is 11.5 Å². The number of nitro benzene ring substituents is 1. The molecule has 3 aromatic rings. The van der Waals surface area contributed by atoms with Crippen LogP contribution in [-0.4, -0.2) is 18.0 Å². The fraction of sp³-hybridized carbons (Fsp3) is 0.105. The molecule has 0 heterocycles. The Balaban J connectivity index is 1.85. The van der Waals surface area contributed by atoms with Gasteiger partial charge in [-0.1, -0.05) is 42.5 Å². The topological polar surface area (TPSA) is 78.7 Å². The van der Waals surface area contributed by atoms with E-state index in [2.05, 4.69) is 0 Å². The molecule has 0 aromatic heterocycles. The van der Waals surface area contributed by atoms with Gasteiger partial charge in [0.2, 0.25) is 0 Å². The Hall–Kier alpha value is -3.41. The number of carbonyl (C=O) groups is 1. The lowest BCUT2D eigenvalue weighted by Crippen LogP contribution is -2.12. The average molecular weight is 337 g/mol. The molecule has 25 heavy (non-hydrogen) atoms. The smallest absolute Gasteiger partial charge is 0.315 e. The Kier molecular flexibility index (Phi) is 4.61. The normalized spacial score (nSPS) is 10.4. The van der Waals surface area contributed by atoms with Gasteiger partial charge in [0, 0.05) is 6.07 Å². The number of benzene rings is 3. The van der Waals surface area contributed by atoms with E-state index >= 15 is 0 Å². The van der Waals surface area contributed by atoms with Gasteiger partial charge in [-0.25, -0.2) is 0 Å². The molecule has 0 unspecified atom stereocenters. The summed E-state index contributed by atoms with van der Waals surface area (Å²) in [7, 11) is 1.41. The fourth-order valence-electron chi connectivity index (χ4n) is 2.62. The molecule has 0 aliphatic carbocycles. The molecule has 3 aromatic carbocycles. The lowest BCUT2D eigenvalue weighted by atomic mass is 10.0. The van der Waals surface area contributed by atoms with Crippen LogP contribution >= 0.6 is 0 Å². The molecule has 0 aliphatic heterocycles. The summed E-state index contributed by atoms with van der Waals surface area (Å²) in [6.07, 6.45) is 0.0488. The minimum Gasteiger partial charge on any atom is -0.493 e. The van der Waals surface area contributed by atoms with Gasteiger partial charge in [0.05, 0.1) is 24.5 Å². The predicted octanol–water partition coefficient (Wildman–Crippen LogP) is 3.90. The predicted molar refractivity (Wildman–Crippen MR) is 92.9 cm³/mol. The highest BCUT2D eigenvalue weighted by atomic mass is 16.6. The van der Waals surface area contributed by atoms with E-state index in [-0.39, 0.29) is 23.6 Å². The highest BCUT2D eigenvalue weighted by Crippen LogP contribution is 2.31. The zero-order valence-corrected chi connectivity index (χ0v) is 13.5. The van der Waals surface area contributed by atoms with E-state index in [4.69, 9.17) is 9.47 Å². The number of ether oxygens (including phenoxy) is 2. The Morgan fingerprint density at radius 2 is 1.80 bits per heavy atom. The summed E-state index contributed by atoms with van der Waals surface area (Å²) in [4.78, 5) is 22.7. The molecule has 0 spiro atoms. The first kappa shape index (κ1) is 16.4. The molecule has 0 N–H and O–H groups in total. The van der Waals surface area contributed by atoms with E-state index < -0.39 is 10.9 Å². The van der Waals surface area contributed by atoms with E-state index in [1.807, 2.05) is 42.5 Å². The first-order chi connectivity index (χ1) is 12.1. The van der Waals surface area contributed by atoms with Crippen molar-refractivity contribution in [2.24, 2.45) is 0 Å². The lowest BCUT2D eigenvalue weighted by Gasteiger charge is -2.10. The van der Waals surface area contributed by atoms with Gasteiger partial charge in [-0.3, -0.25) is 14.9 Å². The van der Waals surface area contributed by atoms with Crippen molar-refractivity contribution in [1.82, 2.24) is 0 Å². The standard InChI is InChI=1S/C19H15NO5/c1-24-17-10-9-15(20(22)23)12-18(17)25-19(21)11-14-7-4-6-13-5-2-3-8-16(13)14/h2-10,12H,11H2,1H3. The second-order valence-corrected chi connectivity index (χ2v) is 5.38. The van der Waals surface area contributed by atoms with Crippen LogP contribution in [0.2, 0.25) is 0 Å². The van der Waals surface area contributed by atoms with Gasteiger partial charge >= 0.3 is 5.97 Å². The molecule has 6 heteroatoms. The summed E-state index contributed by atoms with van der Waals surface area (Å²) in [5, 5.41) is 12.9. The summed E-state index contributed by atoms with van der Waals surface area (Å²) in [6, 6.07) is 17.3. The summed E-state index contributed by atoms with van der Waals surface area (Å²) in [5.41, 5.74) is 0.654. The summed E-state index contributed by atoms with van der Waals surface area (Å²) in [5.74, 6) is -0.228. The second kappa shape index (κ2) is 7.00. The van der Waals surface area contributed by atoms with Crippen molar-refractivity contribution in [2.75, 3.05) is 7.11 Å². The van der Waals surface area contributed by atoms with E-state index in [0.717, 1.165) is 16.3 Å². The zero-order chi connectivity index (χ0) is 17.8. The number of nitro groups is 1. The fourth-order valence-corrected chi connectivity index (χ4v) is 2.62. The van der Waals surface area contributed by atoms with Crippen molar-refractivity contribution < 1.29 is 19.2 Å². The zero-order valence-electron chi connectivity index (χ0n) is 13.5. The number of carbonyl (C=O) groups excluding carboxylic acids is 1. The molecule has 0 amide bonds. The highest BCUT2D eigenvalue weighted by Gasteiger charge is 2.16. The summed E-state index contributed by atoms with van der Waals surface area (Å²) < 4.78 is 10.4. The van der Waals surface area contributed by atoms with Crippen LogP contribution in [0, 0.1) is 10.1 Å². The Morgan fingerprint density at radius 3 is 2.56 bits per heavy atom. The summed E-state index contributed by atoms with van der Waals surface area (Å²) >= 11 is 0. The van der Waals surface area contributed by atoms with Crippen molar-refractivity contribution in [2.45, 2.75) is 6.42 Å². The van der Waals surface area contributed by atoms with E-state index in [9.17, 15) is 14.9 Å². The molecule has 0 fully saturated rings. The van der Waals surface area contributed by atoms with Crippen LogP contribution < -0.4 is 9.47 Å². The highest BCUT2D eigenvalue weighted by molar-refractivity contribution is 5.89. The van der Waals surface area contributed by atoms with E-state index in [1.165, 1.54) is 25.3 Å². The number of rotatable bonds is 5. The van der Waals surface area contributed by atoms with Crippen molar-refractivity contribution >= 4 is 22.4 Å². The van der Waals surface area contributed by atoms with E-state index in [1.54, 1.807) is 0 Å². The van der Waals surface area contributed by atoms with Crippen LogP contribution in [0.4, 0.5) is 5.69 Å². The monoisotopic (exact) mass is 337 g/mol. The Labute approximate surface area is 143 Å². The van der Waals surface area contributed by atoms with Gasteiger partial charge in [0.1, 0.15) is 0 Å². The summed E-state index contributed by atoms with van der Waals surface area (Å²) in [6.45, 7) is 0. The van der Waals surface area contributed by atoms with Crippen molar-refractivity contribution in [3.63, 3.8) is 0 Å². The number of non-ortho nitro benzene ring substituents is 1. The first-order valence-corrected chi connectivity index (χ1v) is 7.58. The molecule has 3 rings (SSSR count). The Morgan fingerprint density at radius 1 is 1.04 bits per heavy atom. The number of methoxy groups -OCH3 is 1. The van der Waals surface area contributed by atoms with Crippen molar-refractivity contribution in [3.8, 4) is 11.5 Å². The molecular formula is C19H15NO5. The third-order valence-corrected chi connectivity index (χ3v) is 3.80. The number of hydrogen-bond acceptors (Lipinski definition) is 5. The minimum absolute atomic E-state index is 0.0296. The third-order valence-electron chi connectivity index (χ3n) is 3.80. The number of fused-ring (bicyclic) bond motifs is 1. The molecule has 126 valence electrons. The lowest BCUT2D eigenvalue weighted by molar-refractivity contribution is -0.384.